The molecular weight excluding hydrogens is 432 g/mol. The second kappa shape index (κ2) is 7.44. The highest BCUT2D eigenvalue weighted by Crippen LogP contribution is 2.36. The average molecular weight is 451 g/mol. The molecule has 4 N–H and O–H groups in total. The number of thiazole rings is 2. The van der Waals surface area contributed by atoms with E-state index in [0.717, 1.165) is 43.6 Å². The summed E-state index contributed by atoms with van der Waals surface area (Å²) in [6.07, 6.45) is 0. The Morgan fingerprint density at radius 2 is 0.844 bits per heavy atom. The summed E-state index contributed by atoms with van der Waals surface area (Å²) in [5, 5.41) is 2.01. The molecule has 0 unspecified atom stereocenters. The Hall–Kier alpha value is -3.74. The van der Waals surface area contributed by atoms with Crippen LogP contribution in [0.4, 0.5) is 11.4 Å². The zero-order chi connectivity index (χ0) is 21.7. The van der Waals surface area contributed by atoms with Crippen molar-refractivity contribution in [2.24, 2.45) is 0 Å². The highest BCUT2D eigenvalue weighted by atomic mass is 32.1. The minimum absolute atomic E-state index is 0.759. The molecule has 2 heterocycles. The van der Waals surface area contributed by atoms with Gasteiger partial charge in [0.2, 0.25) is 0 Å². The molecule has 4 aromatic carbocycles. The van der Waals surface area contributed by atoms with Crippen molar-refractivity contribution in [1.82, 2.24) is 9.97 Å². The molecule has 6 heteroatoms. The van der Waals surface area contributed by atoms with Crippen molar-refractivity contribution >= 4 is 54.5 Å². The number of nitrogen functional groups attached to an aromatic ring is 2. The summed E-state index contributed by atoms with van der Waals surface area (Å²) in [7, 11) is 0. The van der Waals surface area contributed by atoms with E-state index < -0.39 is 0 Å². The zero-order valence-electron chi connectivity index (χ0n) is 16.9. The number of rotatable bonds is 3. The summed E-state index contributed by atoms with van der Waals surface area (Å²) in [6.45, 7) is 0. The van der Waals surface area contributed by atoms with E-state index in [-0.39, 0.29) is 0 Å². The molecule has 4 nitrogen and oxygen atoms in total. The molecular formula is C26H18N4S2. The predicted molar refractivity (Wildman–Crippen MR) is 138 cm³/mol. The van der Waals surface area contributed by atoms with E-state index in [9.17, 15) is 0 Å². The molecule has 0 radical (unpaired) electrons. The highest BCUT2D eigenvalue weighted by Gasteiger charge is 2.11. The third kappa shape index (κ3) is 3.39. The van der Waals surface area contributed by atoms with Crippen molar-refractivity contribution in [2.75, 3.05) is 11.5 Å². The van der Waals surface area contributed by atoms with Crippen molar-refractivity contribution in [2.45, 2.75) is 0 Å². The maximum atomic E-state index is 5.82. The lowest BCUT2D eigenvalue weighted by Gasteiger charge is -2.01. The van der Waals surface area contributed by atoms with Crippen LogP contribution in [0.1, 0.15) is 0 Å². The van der Waals surface area contributed by atoms with Crippen molar-refractivity contribution in [3.8, 4) is 32.3 Å². The number of fused-ring (bicyclic) bond motifs is 2. The van der Waals surface area contributed by atoms with Gasteiger partial charge in [-0.15, -0.1) is 22.7 Å². The SMILES string of the molecule is Nc1ccc(-c2nc3ccc(-c4ccc5nc(-c6ccc(N)cc6)sc5c4)cc3s2)cc1. The Morgan fingerprint density at radius 1 is 0.469 bits per heavy atom. The van der Waals surface area contributed by atoms with Gasteiger partial charge in [0, 0.05) is 22.5 Å². The highest BCUT2D eigenvalue weighted by molar-refractivity contribution is 7.22. The largest absolute Gasteiger partial charge is 0.399 e. The van der Waals surface area contributed by atoms with Gasteiger partial charge < -0.3 is 11.5 Å². The first-order valence-corrected chi connectivity index (χ1v) is 11.8. The Balaban J connectivity index is 1.37. The maximum absolute atomic E-state index is 5.82. The smallest absolute Gasteiger partial charge is 0.124 e. The van der Waals surface area contributed by atoms with Gasteiger partial charge >= 0.3 is 0 Å². The van der Waals surface area contributed by atoms with Gasteiger partial charge in [0.25, 0.3) is 0 Å². The summed E-state index contributed by atoms with van der Waals surface area (Å²) in [5.74, 6) is 0. The molecule has 0 aliphatic rings. The first-order chi connectivity index (χ1) is 15.6. The molecule has 0 amide bonds. The van der Waals surface area contributed by atoms with E-state index in [4.69, 9.17) is 21.4 Å². The lowest BCUT2D eigenvalue weighted by Crippen LogP contribution is -1.83. The zero-order valence-corrected chi connectivity index (χ0v) is 18.6. The molecule has 32 heavy (non-hydrogen) atoms. The number of benzene rings is 4. The van der Waals surface area contributed by atoms with Crippen LogP contribution >= 0.6 is 22.7 Å². The Morgan fingerprint density at radius 3 is 1.25 bits per heavy atom. The fourth-order valence-corrected chi connectivity index (χ4v) is 5.73. The lowest BCUT2D eigenvalue weighted by atomic mass is 10.1. The van der Waals surface area contributed by atoms with Gasteiger partial charge in [-0.1, -0.05) is 12.1 Å². The number of hydrogen-bond acceptors (Lipinski definition) is 6. The maximum Gasteiger partial charge on any atom is 0.124 e. The fraction of sp³-hybridized carbons (Fsp3) is 0. The second-order valence-corrected chi connectivity index (χ2v) is 9.71. The van der Waals surface area contributed by atoms with Crippen LogP contribution in [0.15, 0.2) is 84.9 Å². The number of aromatic nitrogens is 2. The molecule has 0 bridgehead atoms. The lowest BCUT2D eigenvalue weighted by molar-refractivity contribution is 1.47. The van der Waals surface area contributed by atoms with Crippen LogP contribution in [-0.2, 0) is 0 Å². The number of nitrogens with zero attached hydrogens (tertiary/aromatic N) is 2. The first-order valence-electron chi connectivity index (χ1n) is 10.2. The van der Waals surface area contributed by atoms with Gasteiger partial charge in [-0.05, 0) is 83.9 Å². The summed E-state index contributed by atoms with van der Waals surface area (Å²) in [4.78, 5) is 9.60. The molecule has 0 aliphatic carbocycles. The van der Waals surface area contributed by atoms with Crippen LogP contribution < -0.4 is 11.5 Å². The van der Waals surface area contributed by atoms with Gasteiger partial charge in [-0.25, -0.2) is 9.97 Å². The first kappa shape index (κ1) is 19.0. The number of anilines is 2. The van der Waals surface area contributed by atoms with E-state index in [2.05, 4.69) is 36.4 Å². The average Bonchev–Trinajstić information content (AvgIpc) is 3.43. The molecule has 0 fully saturated rings. The van der Waals surface area contributed by atoms with Gasteiger partial charge in [0.05, 0.1) is 20.4 Å². The van der Waals surface area contributed by atoms with Crippen molar-refractivity contribution in [1.29, 1.82) is 0 Å². The topological polar surface area (TPSA) is 77.8 Å². The normalized spacial score (nSPS) is 11.4. The minimum atomic E-state index is 0.759. The molecule has 0 saturated carbocycles. The summed E-state index contributed by atoms with van der Waals surface area (Å²) in [5.41, 5.74) is 19.7. The van der Waals surface area contributed by atoms with Crippen LogP contribution in [0.2, 0.25) is 0 Å². The van der Waals surface area contributed by atoms with Gasteiger partial charge in [-0.2, -0.15) is 0 Å². The van der Waals surface area contributed by atoms with E-state index in [1.165, 1.54) is 20.5 Å². The van der Waals surface area contributed by atoms with E-state index in [1.807, 2.05) is 48.5 Å². The van der Waals surface area contributed by atoms with Gasteiger partial charge in [0.15, 0.2) is 0 Å². The second-order valence-electron chi connectivity index (χ2n) is 7.65. The quantitative estimate of drug-likeness (QED) is 0.283. The minimum Gasteiger partial charge on any atom is -0.399 e. The number of hydrogen-bond donors (Lipinski definition) is 2. The predicted octanol–water partition coefficient (Wildman–Crippen LogP) is 7.07. The fourth-order valence-electron chi connectivity index (χ4n) is 3.71. The number of nitrogens with two attached hydrogens (primary N) is 2. The molecule has 0 saturated heterocycles. The third-order valence-electron chi connectivity index (χ3n) is 5.43. The van der Waals surface area contributed by atoms with Crippen molar-refractivity contribution in [3.63, 3.8) is 0 Å². The van der Waals surface area contributed by atoms with E-state index in [0.29, 0.717) is 0 Å². The molecule has 0 atom stereocenters. The molecule has 0 spiro atoms. The van der Waals surface area contributed by atoms with E-state index >= 15 is 0 Å². The molecule has 154 valence electrons. The standard InChI is InChI=1S/C26H18N4S2/c27-19-7-1-15(2-8-19)25-29-21-11-5-17(13-23(21)31-25)18-6-12-22-24(14-18)32-26(30-22)16-3-9-20(28)10-4-16/h1-14H,27-28H2. The monoisotopic (exact) mass is 450 g/mol. The van der Waals surface area contributed by atoms with Crippen molar-refractivity contribution < 1.29 is 0 Å². The summed E-state index contributed by atoms with van der Waals surface area (Å²) >= 11 is 3.40. The van der Waals surface area contributed by atoms with E-state index in [1.54, 1.807) is 22.7 Å². The van der Waals surface area contributed by atoms with Crippen molar-refractivity contribution in [3.05, 3.63) is 84.9 Å². The molecule has 6 rings (SSSR count). The summed E-state index contributed by atoms with van der Waals surface area (Å²) in [6, 6.07) is 28.6. The van der Waals surface area contributed by atoms with Gasteiger partial charge in [0.1, 0.15) is 10.0 Å². The van der Waals surface area contributed by atoms with Crippen LogP contribution in [0.3, 0.4) is 0 Å². The Labute approximate surface area is 192 Å². The van der Waals surface area contributed by atoms with Crippen LogP contribution in [0.25, 0.3) is 52.7 Å². The van der Waals surface area contributed by atoms with Gasteiger partial charge in [-0.3, -0.25) is 0 Å². The summed E-state index contributed by atoms with van der Waals surface area (Å²) < 4.78 is 2.34. The van der Waals surface area contributed by atoms with Crippen LogP contribution in [0, 0.1) is 0 Å². The Bertz CT molecular complexity index is 1460. The molecule has 2 aromatic heterocycles. The Kier molecular flexibility index (Phi) is 4.41. The third-order valence-corrected chi connectivity index (χ3v) is 7.56. The van der Waals surface area contributed by atoms with Crippen LogP contribution in [0.5, 0.6) is 0 Å². The van der Waals surface area contributed by atoms with Crippen LogP contribution in [-0.4, -0.2) is 9.97 Å². The molecule has 0 aliphatic heterocycles. The molecule has 6 aromatic rings.